The number of aliphatic imine (C=N–C) groups is 1. The van der Waals surface area contributed by atoms with E-state index in [0.717, 1.165) is 38.3 Å². The third-order valence-electron chi connectivity index (χ3n) is 4.02. The van der Waals surface area contributed by atoms with Crippen LogP contribution in [0.15, 0.2) is 4.99 Å². The van der Waals surface area contributed by atoms with E-state index in [1.165, 1.54) is 12.2 Å². The Kier molecular flexibility index (Phi) is 14.5. The highest BCUT2D eigenvalue weighted by Crippen LogP contribution is 2.15. The van der Waals surface area contributed by atoms with Gasteiger partial charge < -0.3 is 10.6 Å². The Morgan fingerprint density at radius 2 is 1.92 bits per heavy atom. The van der Waals surface area contributed by atoms with Crippen molar-refractivity contribution in [2.24, 2.45) is 4.99 Å². The van der Waals surface area contributed by atoms with E-state index >= 15 is 0 Å². The minimum absolute atomic E-state index is 0. The number of sulfonamides is 1. The lowest BCUT2D eigenvalue weighted by Crippen LogP contribution is -2.50. The van der Waals surface area contributed by atoms with Gasteiger partial charge in [0.2, 0.25) is 10.0 Å². The van der Waals surface area contributed by atoms with Crippen LogP contribution in [0.4, 0.5) is 0 Å². The lowest BCUT2D eigenvalue weighted by molar-refractivity contribution is 0.306. The summed E-state index contributed by atoms with van der Waals surface area (Å²) < 4.78 is 25.9. The first-order valence-corrected chi connectivity index (χ1v) is 12.0. The molecule has 0 aromatic rings. The Bertz CT molecular complexity index is 467. The van der Waals surface area contributed by atoms with Gasteiger partial charge in [-0.1, -0.05) is 6.92 Å². The van der Waals surface area contributed by atoms with Crippen LogP contribution in [0.25, 0.3) is 0 Å². The van der Waals surface area contributed by atoms with Crippen LogP contribution in [0.1, 0.15) is 46.0 Å². The van der Waals surface area contributed by atoms with Crippen LogP contribution in [-0.4, -0.2) is 68.7 Å². The summed E-state index contributed by atoms with van der Waals surface area (Å²) in [4.78, 5) is 4.63. The first-order chi connectivity index (χ1) is 11.5. The minimum atomic E-state index is -3.06. The number of thioether (sulfide) groups is 1. The van der Waals surface area contributed by atoms with Crippen molar-refractivity contribution in [2.75, 3.05) is 43.9 Å². The summed E-state index contributed by atoms with van der Waals surface area (Å²) in [6.07, 6.45) is 6.76. The minimum Gasteiger partial charge on any atom is -0.357 e. The van der Waals surface area contributed by atoms with E-state index in [4.69, 9.17) is 0 Å². The number of nitrogens with one attached hydrogen (secondary N) is 2. The molecule has 25 heavy (non-hydrogen) atoms. The van der Waals surface area contributed by atoms with Crippen LogP contribution in [-0.2, 0) is 10.0 Å². The maximum absolute atomic E-state index is 12.1. The molecule has 0 aromatic carbocycles. The predicted molar refractivity (Wildman–Crippen MR) is 121 cm³/mol. The molecule has 0 amide bonds. The molecular formula is C16H35IN4O2S2. The quantitative estimate of drug-likeness (QED) is 0.206. The number of unbranched alkanes of at least 4 members (excludes halogenated alkanes) is 1. The van der Waals surface area contributed by atoms with Crippen LogP contribution in [0, 0.1) is 0 Å². The summed E-state index contributed by atoms with van der Waals surface area (Å²) in [6, 6.07) is 0.294. The van der Waals surface area contributed by atoms with Gasteiger partial charge in [-0.2, -0.15) is 11.8 Å². The number of piperidine rings is 1. The number of nitrogens with zero attached hydrogens (tertiary/aromatic N) is 2. The Morgan fingerprint density at radius 3 is 2.48 bits per heavy atom. The molecule has 1 rings (SSSR count). The van der Waals surface area contributed by atoms with E-state index < -0.39 is 10.0 Å². The highest BCUT2D eigenvalue weighted by Gasteiger charge is 2.27. The van der Waals surface area contributed by atoms with E-state index in [1.54, 1.807) is 4.31 Å². The number of guanidine groups is 1. The fraction of sp³-hybridized carbons (Fsp3) is 0.938. The lowest BCUT2D eigenvalue weighted by atomic mass is 10.1. The highest BCUT2D eigenvalue weighted by atomic mass is 127. The Morgan fingerprint density at radius 1 is 1.24 bits per heavy atom. The van der Waals surface area contributed by atoms with E-state index in [-0.39, 0.29) is 29.7 Å². The largest absolute Gasteiger partial charge is 0.357 e. The fourth-order valence-corrected chi connectivity index (χ4v) is 4.76. The SMILES string of the molecule is CCCS(=O)(=O)N1CCC(NC(=NCCCCSC)NCC)CC1.I. The first kappa shape index (κ1) is 25.3. The zero-order chi connectivity index (χ0) is 17.8. The second-order valence-corrected chi connectivity index (χ2v) is 9.17. The maximum Gasteiger partial charge on any atom is 0.214 e. The number of hydrogen-bond donors (Lipinski definition) is 2. The summed E-state index contributed by atoms with van der Waals surface area (Å²) in [5.74, 6) is 2.30. The van der Waals surface area contributed by atoms with Crippen LogP contribution in [0.3, 0.4) is 0 Å². The molecule has 1 heterocycles. The summed E-state index contributed by atoms with van der Waals surface area (Å²) in [6.45, 7) is 6.84. The third-order valence-corrected chi connectivity index (χ3v) is 6.79. The van der Waals surface area contributed by atoms with E-state index in [1.807, 2.05) is 18.7 Å². The van der Waals surface area contributed by atoms with Crippen LogP contribution in [0.2, 0.25) is 0 Å². The van der Waals surface area contributed by atoms with Crippen molar-refractivity contribution in [3.63, 3.8) is 0 Å². The predicted octanol–water partition coefficient (Wildman–Crippen LogP) is 2.51. The first-order valence-electron chi connectivity index (χ1n) is 9.05. The average Bonchev–Trinajstić information content (AvgIpc) is 2.55. The van der Waals surface area contributed by atoms with E-state index in [0.29, 0.717) is 25.6 Å². The fourth-order valence-electron chi connectivity index (χ4n) is 2.73. The topological polar surface area (TPSA) is 73.8 Å². The van der Waals surface area contributed by atoms with Gasteiger partial charge >= 0.3 is 0 Å². The van der Waals surface area contributed by atoms with Gasteiger partial charge in [0.15, 0.2) is 5.96 Å². The molecule has 0 aromatic heterocycles. The summed E-state index contributed by atoms with van der Waals surface area (Å²) in [5, 5.41) is 6.75. The Balaban J connectivity index is 0.00000576. The Labute approximate surface area is 175 Å². The lowest BCUT2D eigenvalue weighted by Gasteiger charge is -2.32. The van der Waals surface area contributed by atoms with Crippen molar-refractivity contribution < 1.29 is 8.42 Å². The van der Waals surface area contributed by atoms with Gasteiger partial charge in [-0.15, -0.1) is 24.0 Å². The second-order valence-electron chi connectivity index (χ2n) is 6.09. The average molecular weight is 507 g/mol. The van der Waals surface area contributed by atoms with Gasteiger partial charge in [0.1, 0.15) is 0 Å². The molecule has 9 heteroatoms. The zero-order valence-corrected chi connectivity index (χ0v) is 19.8. The third kappa shape index (κ3) is 10.2. The normalized spacial score (nSPS) is 17.2. The number of rotatable bonds is 10. The summed E-state index contributed by atoms with van der Waals surface area (Å²) in [7, 11) is -3.06. The molecule has 2 N–H and O–H groups in total. The van der Waals surface area contributed by atoms with Crippen LogP contribution < -0.4 is 10.6 Å². The molecule has 0 saturated carbocycles. The molecular weight excluding hydrogens is 471 g/mol. The molecule has 1 aliphatic rings. The summed E-state index contributed by atoms with van der Waals surface area (Å²) >= 11 is 1.87. The maximum atomic E-state index is 12.1. The number of halogens is 1. The van der Waals surface area contributed by atoms with Crippen molar-refractivity contribution in [1.82, 2.24) is 14.9 Å². The van der Waals surface area contributed by atoms with Gasteiger partial charge in [-0.3, -0.25) is 4.99 Å². The van der Waals surface area contributed by atoms with Crippen LogP contribution >= 0.6 is 35.7 Å². The van der Waals surface area contributed by atoms with Crippen molar-refractivity contribution in [3.05, 3.63) is 0 Å². The Hall–Kier alpha value is 0.260. The van der Waals surface area contributed by atoms with Gasteiger partial charge in [0.25, 0.3) is 0 Å². The molecule has 1 aliphatic heterocycles. The molecule has 6 nitrogen and oxygen atoms in total. The monoisotopic (exact) mass is 506 g/mol. The molecule has 0 radical (unpaired) electrons. The second kappa shape index (κ2) is 14.3. The number of hydrogen-bond acceptors (Lipinski definition) is 4. The van der Waals surface area contributed by atoms with Crippen molar-refractivity contribution >= 4 is 51.7 Å². The smallest absolute Gasteiger partial charge is 0.214 e. The van der Waals surface area contributed by atoms with Crippen molar-refractivity contribution in [3.8, 4) is 0 Å². The molecule has 1 fully saturated rings. The molecule has 0 bridgehead atoms. The van der Waals surface area contributed by atoms with Gasteiger partial charge in [-0.05, 0) is 51.0 Å². The standard InChI is InChI=1S/C16H34N4O2S2.HI/c1-4-14-24(21,22)20-11-8-15(9-12-20)19-16(17-5-2)18-10-6-7-13-23-3;/h15H,4-14H2,1-3H3,(H2,17,18,19);1H. The zero-order valence-electron chi connectivity index (χ0n) is 15.8. The molecule has 0 aliphatic carbocycles. The van der Waals surface area contributed by atoms with Crippen LogP contribution in [0.5, 0.6) is 0 Å². The van der Waals surface area contributed by atoms with Gasteiger partial charge in [0, 0.05) is 32.2 Å². The van der Waals surface area contributed by atoms with Crippen molar-refractivity contribution in [2.45, 2.75) is 52.0 Å². The molecule has 0 spiro atoms. The molecule has 0 atom stereocenters. The van der Waals surface area contributed by atoms with E-state index in [9.17, 15) is 8.42 Å². The van der Waals surface area contributed by atoms with Gasteiger partial charge in [-0.25, -0.2) is 12.7 Å². The molecule has 1 saturated heterocycles. The summed E-state index contributed by atoms with van der Waals surface area (Å²) in [5.41, 5.74) is 0. The van der Waals surface area contributed by atoms with Crippen molar-refractivity contribution in [1.29, 1.82) is 0 Å². The highest BCUT2D eigenvalue weighted by molar-refractivity contribution is 14.0. The van der Waals surface area contributed by atoms with E-state index in [2.05, 4.69) is 28.8 Å². The molecule has 150 valence electrons. The molecule has 0 unspecified atom stereocenters. The van der Waals surface area contributed by atoms with Gasteiger partial charge in [0.05, 0.1) is 5.75 Å².